The summed E-state index contributed by atoms with van der Waals surface area (Å²) in [5, 5.41) is 0. The molecule has 3 rings (SSSR count). The minimum absolute atomic E-state index is 0.435. The van der Waals surface area contributed by atoms with Gasteiger partial charge in [-0.3, -0.25) is 0 Å². The van der Waals surface area contributed by atoms with Crippen LogP contribution in [-0.4, -0.2) is 6.04 Å². The fourth-order valence-electron chi connectivity index (χ4n) is 3.96. The molecule has 0 spiro atoms. The Balaban J connectivity index is 1.89. The van der Waals surface area contributed by atoms with Crippen LogP contribution in [0.3, 0.4) is 0 Å². The van der Waals surface area contributed by atoms with Crippen LogP contribution in [0.2, 0.25) is 0 Å². The summed E-state index contributed by atoms with van der Waals surface area (Å²) < 4.78 is 0. The van der Waals surface area contributed by atoms with Gasteiger partial charge in [-0.1, -0.05) is 74.7 Å². The molecular weight excluding hydrogens is 278 g/mol. The molecule has 2 aromatic carbocycles. The van der Waals surface area contributed by atoms with Crippen LogP contribution in [-0.2, 0) is 6.42 Å². The summed E-state index contributed by atoms with van der Waals surface area (Å²) in [4.78, 5) is 2.70. The second-order valence-corrected chi connectivity index (χ2v) is 6.81. The largest absolute Gasteiger partial charge is 0.362 e. The molecule has 1 nitrogen and oxygen atoms in total. The highest BCUT2D eigenvalue weighted by molar-refractivity contribution is 5.58. The van der Waals surface area contributed by atoms with Crippen molar-refractivity contribution < 1.29 is 0 Å². The molecule has 122 valence electrons. The maximum Gasteiger partial charge on any atom is 0.0517 e. The summed E-state index contributed by atoms with van der Waals surface area (Å²) in [6, 6.07) is 21.1. The van der Waals surface area contributed by atoms with Crippen LogP contribution in [0.4, 0.5) is 5.69 Å². The SMILES string of the molecule is CCCCCC1CCc2ccccc2N1C(C)c1ccccc1. The van der Waals surface area contributed by atoms with Crippen LogP contribution in [0.25, 0.3) is 0 Å². The average Bonchev–Trinajstić information content (AvgIpc) is 2.62. The minimum Gasteiger partial charge on any atom is -0.362 e. The summed E-state index contributed by atoms with van der Waals surface area (Å²) in [6.45, 7) is 4.66. The van der Waals surface area contributed by atoms with E-state index in [-0.39, 0.29) is 0 Å². The molecule has 0 aliphatic carbocycles. The monoisotopic (exact) mass is 307 g/mol. The predicted molar refractivity (Wildman–Crippen MR) is 100 cm³/mol. The number of benzene rings is 2. The van der Waals surface area contributed by atoms with Crippen molar-refractivity contribution in [3.63, 3.8) is 0 Å². The van der Waals surface area contributed by atoms with Gasteiger partial charge < -0.3 is 4.90 Å². The Morgan fingerprint density at radius 3 is 2.52 bits per heavy atom. The lowest BCUT2D eigenvalue weighted by molar-refractivity contribution is 0.442. The van der Waals surface area contributed by atoms with Gasteiger partial charge in [-0.25, -0.2) is 0 Å². The molecule has 0 bridgehead atoms. The average molecular weight is 307 g/mol. The van der Waals surface area contributed by atoms with Gasteiger partial charge >= 0.3 is 0 Å². The van der Waals surface area contributed by atoms with Gasteiger partial charge in [-0.05, 0) is 43.4 Å². The van der Waals surface area contributed by atoms with Crippen molar-refractivity contribution in [1.29, 1.82) is 0 Å². The molecule has 0 saturated heterocycles. The normalized spacial score (nSPS) is 18.5. The van der Waals surface area contributed by atoms with E-state index in [1.54, 1.807) is 0 Å². The van der Waals surface area contributed by atoms with Crippen LogP contribution in [0.5, 0.6) is 0 Å². The Bertz CT molecular complexity index is 604. The van der Waals surface area contributed by atoms with E-state index in [1.165, 1.54) is 55.3 Å². The van der Waals surface area contributed by atoms with E-state index in [4.69, 9.17) is 0 Å². The fraction of sp³-hybridized carbons (Fsp3) is 0.455. The van der Waals surface area contributed by atoms with Crippen LogP contribution in [0.15, 0.2) is 54.6 Å². The highest BCUT2D eigenvalue weighted by Gasteiger charge is 2.29. The minimum atomic E-state index is 0.435. The van der Waals surface area contributed by atoms with Crippen molar-refractivity contribution in [3.05, 3.63) is 65.7 Å². The molecule has 2 unspecified atom stereocenters. The Kier molecular flexibility index (Phi) is 5.38. The van der Waals surface area contributed by atoms with Crippen LogP contribution in [0, 0.1) is 0 Å². The third-order valence-corrected chi connectivity index (χ3v) is 5.25. The zero-order valence-corrected chi connectivity index (χ0v) is 14.5. The topological polar surface area (TPSA) is 3.24 Å². The van der Waals surface area contributed by atoms with E-state index in [1.807, 2.05) is 0 Å². The molecule has 2 atom stereocenters. The van der Waals surface area contributed by atoms with E-state index in [0.717, 1.165) is 0 Å². The Morgan fingerprint density at radius 2 is 1.74 bits per heavy atom. The third-order valence-electron chi connectivity index (χ3n) is 5.25. The van der Waals surface area contributed by atoms with Crippen LogP contribution >= 0.6 is 0 Å². The zero-order chi connectivity index (χ0) is 16.1. The van der Waals surface area contributed by atoms with Gasteiger partial charge in [-0.2, -0.15) is 0 Å². The lowest BCUT2D eigenvalue weighted by atomic mass is 9.90. The van der Waals surface area contributed by atoms with Crippen molar-refractivity contribution in [2.45, 2.75) is 64.5 Å². The van der Waals surface area contributed by atoms with Gasteiger partial charge in [0.15, 0.2) is 0 Å². The van der Waals surface area contributed by atoms with E-state index in [0.29, 0.717) is 12.1 Å². The predicted octanol–water partition coefficient (Wildman–Crippen LogP) is 6.15. The summed E-state index contributed by atoms with van der Waals surface area (Å²) in [7, 11) is 0. The first-order valence-electron chi connectivity index (χ1n) is 9.22. The van der Waals surface area contributed by atoms with Crippen LogP contribution < -0.4 is 4.90 Å². The number of fused-ring (bicyclic) bond motifs is 1. The number of para-hydroxylation sites is 1. The second kappa shape index (κ2) is 7.68. The van der Waals surface area contributed by atoms with E-state index < -0.39 is 0 Å². The van der Waals surface area contributed by atoms with E-state index >= 15 is 0 Å². The quantitative estimate of drug-likeness (QED) is 0.579. The standard InChI is InChI=1S/C22H29N/c1-3-4-6-14-21-17-16-20-13-9-10-15-22(20)23(21)18(2)19-11-7-5-8-12-19/h5,7-13,15,18,21H,3-4,6,14,16-17H2,1-2H3. The fourth-order valence-corrected chi connectivity index (χ4v) is 3.96. The lowest BCUT2D eigenvalue weighted by Crippen LogP contribution is -2.41. The molecular formula is C22H29N. The molecule has 0 N–H and O–H groups in total. The molecule has 1 heterocycles. The number of unbranched alkanes of at least 4 members (excludes halogenated alkanes) is 2. The Labute approximate surface area is 141 Å². The molecule has 23 heavy (non-hydrogen) atoms. The van der Waals surface area contributed by atoms with Crippen molar-refractivity contribution in [2.75, 3.05) is 4.90 Å². The van der Waals surface area contributed by atoms with Gasteiger partial charge in [0.25, 0.3) is 0 Å². The summed E-state index contributed by atoms with van der Waals surface area (Å²) in [5.74, 6) is 0. The summed E-state index contributed by atoms with van der Waals surface area (Å²) in [6.07, 6.45) is 7.84. The van der Waals surface area contributed by atoms with Gasteiger partial charge in [0.05, 0.1) is 6.04 Å². The van der Waals surface area contributed by atoms with Crippen LogP contribution in [0.1, 0.15) is 63.1 Å². The Morgan fingerprint density at radius 1 is 1.00 bits per heavy atom. The second-order valence-electron chi connectivity index (χ2n) is 6.81. The number of nitrogens with zero attached hydrogens (tertiary/aromatic N) is 1. The first-order valence-corrected chi connectivity index (χ1v) is 9.22. The molecule has 0 amide bonds. The molecule has 0 radical (unpaired) electrons. The molecule has 1 heteroatoms. The van der Waals surface area contributed by atoms with Gasteiger partial charge in [0.2, 0.25) is 0 Å². The number of hydrogen-bond acceptors (Lipinski definition) is 1. The van der Waals surface area contributed by atoms with Gasteiger partial charge in [-0.15, -0.1) is 0 Å². The lowest BCUT2D eigenvalue weighted by Gasteiger charge is -2.43. The van der Waals surface area contributed by atoms with Crippen molar-refractivity contribution in [1.82, 2.24) is 0 Å². The molecule has 0 saturated carbocycles. The first-order chi connectivity index (χ1) is 11.3. The first kappa shape index (κ1) is 16.1. The Hall–Kier alpha value is -1.76. The third kappa shape index (κ3) is 3.60. The molecule has 1 aliphatic rings. The maximum atomic E-state index is 2.70. The highest BCUT2D eigenvalue weighted by atomic mass is 15.2. The number of anilines is 1. The number of aryl methyl sites for hydroxylation is 1. The molecule has 1 aliphatic heterocycles. The van der Waals surface area contributed by atoms with Crippen molar-refractivity contribution >= 4 is 5.69 Å². The van der Waals surface area contributed by atoms with Crippen molar-refractivity contribution in [3.8, 4) is 0 Å². The van der Waals surface area contributed by atoms with Crippen molar-refractivity contribution in [2.24, 2.45) is 0 Å². The van der Waals surface area contributed by atoms with Gasteiger partial charge in [0.1, 0.15) is 0 Å². The summed E-state index contributed by atoms with van der Waals surface area (Å²) >= 11 is 0. The van der Waals surface area contributed by atoms with Gasteiger partial charge in [0, 0.05) is 11.7 Å². The van der Waals surface area contributed by atoms with E-state index in [2.05, 4.69) is 73.3 Å². The van der Waals surface area contributed by atoms with E-state index in [9.17, 15) is 0 Å². The zero-order valence-electron chi connectivity index (χ0n) is 14.5. The molecule has 2 aromatic rings. The molecule has 0 aromatic heterocycles. The smallest absolute Gasteiger partial charge is 0.0517 e. The number of hydrogen-bond donors (Lipinski definition) is 0. The maximum absolute atomic E-state index is 2.70. The summed E-state index contributed by atoms with van der Waals surface area (Å²) in [5.41, 5.74) is 4.39. The number of rotatable bonds is 6. The highest BCUT2D eigenvalue weighted by Crippen LogP contribution is 2.38. The molecule has 0 fully saturated rings.